The molecule has 174 valence electrons. The second kappa shape index (κ2) is 12.1. The number of nitrogens with zero attached hydrogens (tertiary/aromatic N) is 2. The third-order valence-corrected chi connectivity index (χ3v) is 6.42. The first-order chi connectivity index (χ1) is 14.7. The van der Waals surface area contributed by atoms with Crippen molar-refractivity contribution in [2.75, 3.05) is 27.2 Å². The van der Waals surface area contributed by atoms with Crippen LogP contribution in [0.25, 0.3) is 0 Å². The van der Waals surface area contributed by atoms with Crippen molar-refractivity contribution in [3.8, 4) is 5.75 Å². The largest absolute Gasteiger partial charge is 0.497 e. The van der Waals surface area contributed by atoms with Crippen LogP contribution < -0.4 is 4.74 Å². The Morgan fingerprint density at radius 1 is 1.13 bits per heavy atom. The molecule has 1 aliphatic rings. The number of likely N-dealkylation sites (N-methyl/N-ethyl adjacent to an activating group) is 1. The Labute approximate surface area is 189 Å². The molecule has 5 heteroatoms. The molecule has 1 fully saturated rings. The summed E-state index contributed by atoms with van der Waals surface area (Å²) < 4.78 is 5.40. The van der Waals surface area contributed by atoms with Gasteiger partial charge >= 0.3 is 0 Å². The van der Waals surface area contributed by atoms with Crippen LogP contribution in [0.4, 0.5) is 0 Å². The van der Waals surface area contributed by atoms with Gasteiger partial charge in [-0.2, -0.15) is 0 Å². The number of amides is 2. The van der Waals surface area contributed by atoms with Crippen molar-refractivity contribution >= 4 is 11.8 Å². The third-order valence-electron chi connectivity index (χ3n) is 6.42. The first kappa shape index (κ1) is 25.2. The molecule has 1 aromatic rings. The van der Waals surface area contributed by atoms with Crippen molar-refractivity contribution in [3.05, 3.63) is 29.8 Å². The zero-order valence-corrected chi connectivity index (χ0v) is 20.4. The van der Waals surface area contributed by atoms with Gasteiger partial charge in [0.2, 0.25) is 11.8 Å². The fourth-order valence-electron chi connectivity index (χ4n) is 4.44. The zero-order valence-electron chi connectivity index (χ0n) is 20.4. The Balaban J connectivity index is 2.09. The van der Waals surface area contributed by atoms with Gasteiger partial charge in [0.15, 0.2) is 0 Å². The highest BCUT2D eigenvalue weighted by Crippen LogP contribution is 2.28. The quantitative estimate of drug-likeness (QED) is 0.536. The van der Waals surface area contributed by atoms with Crippen molar-refractivity contribution < 1.29 is 14.3 Å². The first-order valence-electron chi connectivity index (χ1n) is 11.9. The number of hydrogen-bond donors (Lipinski definition) is 0. The maximum absolute atomic E-state index is 12.9. The lowest BCUT2D eigenvalue weighted by Gasteiger charge is -2.40. The lowest BCUT2D eigenvalue weighted by molar-refractivity contribution is -0.137. The second-order valence-electron chi connectivity index (χ2n) is 9.88. The molecule has 0 saturated carbocycles. The molecule has 31 heavy (non-hydrogen) atoms. The highest BCUT2D eigenvalue weighted by atomic mass is 16.5. The summed E-state index contributed by atoms with van der Waals surface area (Å²) >= 11 is 0. The minimum atomic E-state index is 0.131. The van der Waals surface area contributed by atoms with Crippen LogP contribution >= 0.6 is 0 Å². The molecule has 0 N–H and O–H groups in total. The number of piperidine rings is 1. The number of methoxy groups -OCH3 is 1. The summed E-state index contributed by atoms with van der Waals surface area (Å²) in [5, 5.41) is 0. The number of carbonyl (C=O) groups excluding carboxylic acids is 2. The van der Waals surface area contributed by atoms with E-state index in [4.69, 9.17) is 4.74 Å². The average Bonchev–Trinajstić information content (AvgIpc) is 2.75. The Morgan fingerprint density at radius 2 is 1.81 bits per heavy atom. The van der Waals surface area contributed by atoms with Gasteiger partial charge in [-0.1, -0.05) is 39.8 Å². The van der Waals surface area contributed by atoms with Crippen LogP contribution in [0.15, 0.2) is 24.3 Å². The van der Waals surface area contributed by atoms with Gasteiger partial charge in [0.1, 0.15) is 5.75 Å². The van der Waals surface area contributed by atoms with E-state index in [-0.39, 0.29) is 17.9 Å². The highest BCUT2D eigenvalue weighted by molar-refractivity contribution is 5.77. The molecule has 0 bridgehead atoms. The van der Waals surface area contributed by atoms with E-state index < -0.39 is 0 Å². The van der Waals surface area contributed by atoms with Gasteiger partial charge in [-0.05, 0) is 61.1 Å². The minimum absolute atomic E-state index is 0.131. The molecular formula is C26H42N2O3. The van der Waals surface area contributed by atoms with Gasteiger partial charge < -0.3 is 14.5 Å². The predicted molar refractivity (Wildman–Crippen MR) is 126 cm³/mol. The lowest BCUT2D eigenvalue weighted by Crippen LogP contribution is -2.48. The maximum atomic E-state index is 12.9. The Morgan fingerprint density at radius 3 is 2.39 bits per heavy atom. The molecule has 0 unspecified atom stereocenters. The summed E-state index contributed by atoms with van der Waals surface area (Å²) in [6.45, 7) is 10.1. The predicted octanol–water partition coefficient (Wildman–Crippen LogP) is 4.79. The van der Waals surface area contributed by atoms with Crippen LogP contribution in [-0.4, -0.2) is 54.9 Å². The Kier molecular flexibility index (Phi) is 9.86. The van der Waals surface area contributed by atoms with Gasteiger partial charge in [0.05, 0.1) is 7.11 Å². The van der Waals surface area contributed by atoms with E-state index in [1.165, 1.54) is 5.56 Å². The summed E-state index contributed by atoms with van der Waals surface area (Å²) in [5.74, 6) is 2.61. The molecule has 0 radical (unpaired) electrons. The number of ether oxygens (including phenoxy) is 1. The number of benzene rings is 1. The van der Waals surface area contributed by atoms with Crippen LogP contribution in [0.5, 0.6) is 5.75 Å². The SMILES string of the molecule is COc1cccc(C[C@@H](C2CCN(C(=O)CCC(C)C)CC2)N(C)C(=O)CC(C)C)c1. The number of rotatable bonds is 10. The fourth-order valence-corrected chi connectivity index (χ4v) is 4.44. The van der Waals surface area contributed by atoms with Crippen molar-refractivity contribution in [1.29, 1.82) is 0 Å². The summed E-state index contributed by atoms with van der Waals surface area (Å²) in [5.41, 5.74) is 1.18. The molecule has 1 aromatic carbocycles. The van der Waals surface area contributed by atoms with E-state index in [0.717, 1.165) is 44.5 Å². The van der Waals surface area contributed by atoms with E-state index >= 15 is 0 Å². The van der Waals surface area contributed by atoms with Crippen LogP contribution in [0.2, 0.25) is 0 Å². The van der Waals surface area contributed by atoms with Gasteiger partial charge in [-0.3, -0.25) is 9.59 Å². The van der Waals surface area contributed by atoms with Crippen molar-refractivity contribution in [1.82, 2.24) is 9.80 Å². The molecular weight excluding hydrogens is 388 g/mol. The molecule has 0 spiro atoms. The van der Waals surface area contributed by atoms with Crippen LogP contribution in [0.3, 0.4) is 0 Å². The van der Waals surface area contributed by atoms with Gasteiger partial charge in [-0.15, -0.1) is 0 Å². The molecule has 1 heterocycles. The van der Waals surface area contributed by atoms with E-state index in [1.807, 2.05) is 29.0 Å². The molecule has 1 atom stereocenters. The Hall–Kier alpha value is -2.04. The van der Waals surface area contributed by atoms with E-state index in [0.29, 0.717) is 30.6 Å². The zero-order chi connectivity index (χ0) is 23.0. The summed E-state index contributed by atoms with van der Waals surface area (Å²) in [6, 6.07) is 8.27. The summed E-state index contributed by atoms with van der Waals surface area (Å²) in [4.78, 5) is 29.5. The lowest BCUT2D eigenvalue weighted by atomic mass is 9.84. The number of hydrogen-bond acceptors (Lipinski definition) is 3. The van der Waals surface area contributed by atoms with Crippen LogP contribution in [0.1, 0.15) is 65.4 Å². The monoisotopic (exact) mass is 430 g/mol. The van der Waals surface area contributed by atoms with E-state index in [2.05, 4.69) is 39.8 Å². The molecule has 1 saturated heterocycles. The van der Waals surface area contributed by atoms with Crippen molar-refractivity contribution in [3.63, 3.8) is 0 Å². The van der Waals surface area contributed by atoms with Gasteiger partial charge in [-0.25, -0.2) is 0 Å². The third kappa shape index (κ3) is 7.86. The molecule has 5 nitrogen and oxygen atoms in total. The number of likely N-dealkylation sites (tertiary alicyclic amines) is 1. The smallest absolute Gasteiger partial charge is 0.222 e. The summed E-state index contributed by atoms with van der Waals surface area (Å²) in [6.07, 6.45) is 4.86. The van der Waals surface area contributed by atoms with Gasteiger partial charge in [0.25, 0.3) is 0 Å². The molecule has 2 rings (SSSR count). The van der Waals surface area contributed by atoms with Crippen molar-refractivity contribution in [2.45, 2.75) is 72.3 Å². The molecule has 0 aromatic heterocycles. The standard InChI is InChI=1S/C26H42N2O3/c1-19(2)10-11-25(29)28-14-12-22(13-15-28)24(27(5)26(30)16-20(3)4)18-21-8-7-9-23(17-21)31-6/h7-9,17,19-20,22,24H,10-16,18H2,1-6H3/t24-/m0/s1. The first-order valence-corrected chi connectivity index (χ1v) is 11.9. The van der Waals surface area contributed by atoms with E-state index in [9.17, 15) is 9.59 Å². The topological polar surface area (TPSA) is 49.9 Å². The minimum Gasteiger partial charge on any atom is -0.497 e. The van der Waals surface area contributed by atoms with Crippen LogP contribution in [-0.2, 0) is 16.0 Å². The normalized spacial score (nSPS) is 15.9. The maximum Gasteiger partial charge on any atom is 0.222 e. The molecule has 0 aliphatic carbocycles. The average molecular weight is 431 g/mol. The number of carbonyl (C=O) groups is 2. The second-order valence-corrected chi connectivity index (χ2v) is 9.88. The summed E-state index contributed by atoms with van der Waals surface area (Å²) in [7, 11) is 3.64. The molecule has 1 aliphatic heterocycles. The van der Waals surface area contributed by atoms with Gasteiger partial charge in [0, 0.05) is 39.0 Å². The van der Waals surface area contributed by atoms with Crippen molar-refractivity contribution in [2.24, 2.45) is 17.8 Å². The highest BCUT2D eigenvalue weighted by Gasteiger charge is 2.32. The fraction of sp³-hybridized carbons (Fsp3) is 0.692. The molecule has 2 amide bonds. The van der Waals surface area contributed by atoms with E-state index in [1.54, 1.807) is 7.11 Å². The van der Waals surface area contributed by atoms with Crippen LogP contribution in [0, 0.1) is 17.8 Å². The Bertz CT molecular complexity index is 708.